The molecular formula is C28H42N2O2. The minimum Gasteiger partial charge on any atom is -0.497 e. The lowest BCUT2D eigenvalue weighted by Gasteiger charge is -2.61. The van der Waals surface area contributed by atoms with Crippen molar-refractivity contribution in [3.8, 4) is 5.75 Å². The monoisotopic (exact) mass is 438 g/mol. The van der Waals surface area contributed by atoms with Gasteiger partial charge in [-0.25, -0.2) is 0 Å². The molecule has 0 spiro atoms. The molecule has 0 N–H and O–H groups in total. The Bertz CT molecular complexity index is 958. The first-order chi connectivity index (χ1) is 15.0. The molecule has 5 rings (SSSR count). The summed E-state index contributed by atoms with van der Waals surface area (Å²) in [6, 6.07) is 8.76. The van der Waals surface area contributed by atoms with E-state index < -0.39 is 5.60 Å². The van der Waals surface area contributed by atoms with Crippen molar-refractivity contribution in [1.29, 1.82) is 0 Å². The second-order valence-electron chi connectivity index (χ2n) is 11.9. The van der Waals surface area contributed by atoms with E-state index in [-0.39, 0.29) is 11.0 Å². The highest BCUT2D eigenvalue weighted by molar-refractivity contribution is 5.84. The average molecular weight is 439 g/mol. The number of methoxy groups -OCH3 is 1. The van der Waals surface area contributed by atoms with Crippen molar-refractivity contribution in [1.82, 2.24) is 9.88 Å². The van der Waals surface area contributed by atoms with Crippen LogP contribution in [0.25, 0.3) is 10.9 Å². The van der Waals surface area contributed by atoms with Gasteiger partial charge >= 0.3 is 0 Å². The van der Waals surface area contributed by atoms with Gasteiger partial charge in [0.25, 0.3) is 0 Å². The number of pyridine rings is 1. The van der Waals surface area contributed by atoms with Gasteiger partial charge in [0.1, 0.15) is 11.4 Å². The summed E-state index contributed by atoms with van der Waals surface area (Å²) in [5.74, 6) is 2.45. The fourth-order valence-electron chi connectivity index (χ4n) is 6.44. The number of hydrogen-bond donors (Lipinski definition) is 0. The van der Waals surface area contributed by atoms with Gasteiger partial charge in [-0.3, -0.25) is 9.88 Å². The number of nitrogens with zero attached hydrogens (tertiary/aromatic N) is 2. The van der Waals surface area contributed by atoms with Crippen molar-refractivity contribution in [3.05, 3.63) is 36.0 Å². The van der Waals surface area contributed by atoms with Crippen LogP contribution in [0.5, 0.6) is 5.75 Å². The van der Waals surface area contributed by atoms with Crippen LogP contribution in [0.2, 0.25) is 0 Å². The van der Waals surface area contributed by atoms with E-state index >= 15 is 0 Å². The van der Waals surface area contributed by atoms with Gasteiger partial charge in [0.15, 0.2) is 0 Å². The summed E-state index contributed by atoms with van der Waals surface area (Å²) >= 11 is 0. The third-order valence-corrected chi connectivity index (χ3v) is 7.81. The minimum absolute atomic E-state index is 0.124. The minimum atomic E-state index is -0.476. The lowest BCUT2D eigenvalue weighted by Crippen LogP contribution is -2.66. The van der Waals surface area contributed by atoms with Crippen LogP contribution >= 0.6 is 0 Å². The van der Waals surface area contributed by atoms with Crippen LogP contribution in [0, 0.1) is 17.3 Å². The van der Waals surface area contributed by atoms with Crippen molar-refractivity contribution in [2.75, 3.05) is 20.2 Å². The Kier molecular flexibility index (Phi) is 6.09. The summed E-state index contributed by atoms with van der Waals surface area (Å²) in [5.41, 5.74) is 1.35. The summed E-state index contributed by atoms with van der Waals surface area (Å²) in [4.78, 5) is 7.45. The van der Waals surface area contributed by atoms with Crippen molar-refractivity contribution in [2.24, 2.45) is 17.3 Å². The SMILES string of the molecule is CC[C@H]1CN2CC[C@H]1C[C@H]2[C@](OC(C)(C)C)(c1ccnc2ccc(OC)cc12)C(C)(C)C. The molecule has 4 nitrogen and oxygen atoms in total. The van der Waals surface area contributed by atoms with Crippen LogP contribution in [-0.4, -0.2) is 41.7 Å². The highest BCUT2D eigenvalue weighted by Crippen LogP contribution is 2.55. The molecule has 0 aliphatic carbocycles. The molecule has 1 aromatic heterocycles. The number of hydrogen-bond acceptors (Lipinski definition) is 4. The van der Waals surface area contributed by atoms with E-state index in [0.29, 0.717) is 6.04 Å². The zero-order valence-corrected chi connectivity index (χ0v) is 21.4. The number of aromatic nitrogens is 1. The second kappa shape index (κ2) is 8.29. The van der Waals surface area contributed by atoms with Crippen LogP contribution < -0.4 is 4.74 Å². The van der Waals surface area contributed by atoms with Crippen molar-refractivity contribution < 1.29 is 9.47 Å². The van der Waals surface area contributed by atoms with Gasteiger partial charge in [0, 0.05) is 24.2 Å². The van der Waals surface area contributed by atoms with Gasteiger partial charge in [0.2, 0.25) is 0 Å². The number of piperidine rings is 3. The van der Waals surface area contributed by atoms with E-state index in [2.05, 4.69) is 71.6 Å². The van der Waals surface area contributed by atoms with Gasteiger partial charge in [-0.15, -0.1) is 0 Å². The Morgan fingerprint density at radius 2 is 1.84 bits per heavy atom. The molecule has 2 bridgehead atoms. The third kappa shape index (κ3) is 3.94. The van der Waals surface area contributed by atoms with E-state index in [1.54, 1.807) is 7.11 Å². The van der Waals surface area contributed by atoms with Crippen molar-refractivity contribution >= 4 is 10.9 Å². The molecule has 4 heterocycles. The fourth-order valence-corrected chi connectivity index (χ4v) is 6.44. The van der Waals surface area contributed by atoms with Gasteiger partial charge in [-0.2, -0.15) is 0 Å². The molecule has 32 heavy (non-hydrogen) atoms. The molecule has 0 radical (unpaired) electrons. The predicted molar refractivity (Wildman–Crippen MR) is 132 cm³/mol. The highest BCUT2D eigenvalue weighted by Gasteiger charge is 2.58. The van der Waals surface area contributed by atoms with Gasteiger partial charge in [-0.1, -0.05) is 34.1 Å². The molecule has 3 fully saturated rings. The maximum Gasteiger partial charge on any atom is 0.119 e. The van der Waals surface area contributed by atoms with Crippen LogP contribution in [0.1, 0.15) is 73.3 Å². The molecule has 4 heteroatoms. The molecule has 176 valence electrons. The number of ether oxygens (including phenoxy) is 2. The van der Waals surface area contributed by atoms with E-state index in [9.17, 15) is 0 Å². The van der Waals surface area contributed by atoms with Crippen LogP contribution in [-0.2, 0) is 10.3 Å². The normalized spacial score (nSPS) is 28.0. The van der Waals surface area contributed by atoms with Crippen LogP contribution in [0.15, 0.2) is 30.5 Å². The molecule has 1 aromatic carbocycles. The smallest absolute Gasteiger partial charge is 0.119 e. The zero-order chi connectivity index (χ0) is 23.3. The standard InChI is InChI=1S/C28H42N2O2/c1-9-19-18-30-15-13-20(19)16-25(30)28(26(2,3)4,32-27(5,6)7)23-12-14-29-24-11-10-21(31-8)17-22(23)24/h10-12,14,17,19-20,25H,9,13,15-16,18H2,1-8H3/t19-,20-,25-,28+/m0/s1. The van der Waals surface area contributed by atoms with E-state index in [1.165, 1.54) is 37.9 Å². The lowest BCUT2D eigenvalue weighted by atomic mass is 9.60. The molecule has 5 atom stereocenters. The molecule has 3 saturated heterocycles. The maximum absolute atomic E-state index is 7.31. The fraction of sp³-hybridized carbons (Fsp3) is 0.679. The lowest BCUT2D eigenvalue weighted by molar-refractivity contribution is -0.242. The molecule has 0 amide bonds. The average Bonchev–Trinajstić information content (AvgIpc) is 2.75. The van der Waals surface area contributed by atoms with E-state index in [1.807, 2.05) is 12.3 Å². The van der Waals surface area contributed by atoms with E-state index in [4.69, 9.17) is 14.5 Å². The number of fused-ring (bicyclic) bond motifs is 4. The summed E-state index contributed by atoms with van der Waals surface area (Å²) in [6.45, 7) is 18.4. The number of rotatable bonds is 5. The second-order valence-corrected chi connectivity index (χ2v) is 11.9. The molecule has 1 unspecified atom stereocenters. The summed E-state index contributed by atoms with van der Waals surface area (Å²) < 4.78 is 12.9. The molecule has 3 aliphatic rings. The predicted octanol–water partition coefficient (Wildman–Crippen LogP) is 6.42. The topological polar surface area (TPSA) is 34.6 Å². The van der Waals surface area contributed by atoms with Crippen molar-refractivity contribution in [3.63, 3.8) is 0 Å². The molecule has 3 aliphatic heterocycles. The molecule has 2 aromatic rings. The van der Waals surface area contributed by atoms with Crippen molar-refractivity contribution in [2.45, 2.75) is 85.0 Å². The van der Waals surface area contributed by atoms with Gasteiger partial charge in [0.05, 0.1) is 18.2 Å². The first kappa shape index (κ1) is 23.5. The first-order valence-electron chi connectivity index (χ1n) is 12.4. The van der Waals surface area contributed by atoms with Crippen LogP contribution in [0.4, 0.5) is 0 Å². The Balaban J connectivity index is 1.98. The number of benzene rings is 1. The Labute approximate surface area is 194 Å². The summed E-state index contributed by atoms with van der Waals surface area (Å²) in [7, 11) is 1.73. The summed E-state index contributed by atoms with van der Waals surface area (Å²) in [6.07, 6.45) is 5.74. The summed E-state index contributed by atoms with van der Waals surface area (Å²) in [5, 5.41) is 1.14. The Morgan fingerprint density at radius 3 is 2.41 bits per heavy atom. The van der Waals surface area contributed by atoms with Gasteiger partial charge in [-0.05, 0) is 87.2 Å². The zero-order valence-electron chi connectivity index (χ0n) is 21.4. The Morgan fingerprint density at radius 1 is 1.09 bits per heavy atom. The van der Waals surface area contributed by atoms with E-state index in [0.717, 1.165) is 28.5 Å². The Hall–Kier alpha value is -1.65. The highest BCUT2D eigenvalue weighted by atomic mass is 16.5. The first-order valence-corrected chi connectivity index (χ1v) is 12.4. The molecular weight excluding hydrogens is 396 g/mol. The molecule has 0 saturated carbocycles. The maximum atomic E-state index is 7.31. The van der Waals surface area contributed by atoms with Crippen LogP contribution in [0.3, 0.4) is 0 Å². The van der Waals surface area contributed by atoms with Gasteiger partial charge < -0.3 is 9.47 Å². The quantitative estimate of drug-likeness (QED) is 0.539. The largest absolute Gasteiger partial charge is 0.497 e. The third-order valence-electron chi connectivity index (χ3n) is 7.81.